The first kappa shape index (κ1) is 20.0. The Bertz CT molecular complexity index is 813. The molecule has 2 nitrogen and oxygen atoms in total. The molecule has 0 bridgehead atoms. The van der Waals surface area contributed by atoms with E-state index in [0.717, 1.165) is 22.2 Å². The predicted molar refractivity (Wildman–Crippen MR) is 120 cm³/mol. The molecular weight excluding hydrogens is 467 g/mol. The molecule has 3 aromatic carbocycles. The lowest BCUT2D eigenvalue weighted by Gasteiger charge is -2.09. The van der Waals surface area contributed by atoms with E-state index in [9.17, 15) is 4.79 Å². The van der Waals surface area contributed by atoms with Crippen molar-refractivity contribution in [1.29, 1.82) is 0 Å². The van der Waals surface area contributed by atoms with Crippen LogP contribution in [0.1, 0.15) is 19.3 Å². The molecule has 0 fully saturated rings. The number of hydrogen-bond donors (Lipinski definition) is 0. The molecule has 0 aromatic heterocycles. The Morgan fingerprint density at radius 1 is 0.778 bits per heavy atom. The van der Waals surface area contributed by atoms with Crippen LogP contribution >= 0.6 is 22.6 Å². The number of halogens is 1. The van der Waals surface area contributed by atoms with E-state index in [2.05, 4.69) is 77.2 Å². The summed E-state index contributed by atoms with van der Waals surface area (Å²) in [6.07, 6.45) is 2.39. The van der Waals surface area contributed by atoms with Crippen molar-refractivity contribution in [3.8, 4) is 5.75 Å². The molecule has 0 amide bonds. The third-order valence-electron chi connectivity index (χ3n) is 4.00. The minimum absolute atomic E-state index is 0.156. The summed E-state index contributed by atoms with van der Waals surface area (Å²) in [4.78, 5) is 15.7. The average Bonchev–Trinajstić information content (AvgIpc) is 2.70. The van der Waals surface area contributed by atoms with E-state index in [1.54, 1.807) is 0 Å². The molecule has 0 spiro atoms. The molecule has 0 saturated heterocycles. The van der Waals surface area contributed by atoms with Gasteiger partial charge in [0.2, 0.25) is 0 Å². The van der Waals surface area contributed by atoms with Crippen molar-refractivity contribution < 1.29 is 9.53 Å². The third-order valence-corrected chi connectivity index (χ3v) is 6.97. The highest BCUT2D eigenvalue weighted by Gasteiger charge is 2.28. The SMILES string of the molecule is O=C(CCCCI)Oc1cccc([S+](c2ccccc2)c2ccccc2)c1. The number of ether oxygens (including phenoxy) is 1. The van der Waals surface area contributed by atoms with E-state index < -0.39 is 0 Å². The number of rotatable bonds is 8. The number of carbonyl (C=O) groups excluding carboxylic acids is 1. The van der Waals surface area contributed by atoms with Crippen LogP contribution in [0.3, 0.4) is 0 Å². The van der Waals surface area contributed by atoms with Crippen LogP contribution in [0.2, 0.25) is 0 Å². The molecule has 3 aromatic rings. The van der Waals surface area contributed by atoms with Gasteiger partial charge < -0.3 is 4.74 Å². The van der Waals surface area contributed by atoms with Crippen LogP contribution in [0.4, 0.5) is 0 Å². The molecule has 138 valence electrons. The van der Waals surface area contributed by atoms with Gasteiger partial charge in [-0.2, -0.15) is 0 Å². The van der Waals surface area contributed by atoms with Gasteiger partial charge in [-0.1, -0.05) is 65.1 Å². The maximum Gasteiger partial charge on any atom is 0.311 e. The quantitative estimate of drug-likeness (QED) is 0.0928. The van der Waals surface area contributed by atoms with Crippen molar-refractivity contribution in [3.05, 3.63) is 84.9 Å². The van der Waals surface area contributed by atoms with Crippen molar-refractivity contribution in [2.75, 3.05) is 4.43 Å². The molecule has 0 aliphatic rings. The number of alkyl halides is 1. The Morgan fingerprint density at radius 2 is 1.37 bits per heavy atom. The van der Waals surface area contributed by atoms with E-state index in [4.69, 9.17) is 4.74 Å². The maximum absolute atomic E-state index is 12.1. The fourth-order valence-electron chi connectivity index (χ4n) is 2.73. The second-order valence-electron chi connectivity index (χ2n) is 6.03. The zero-order valence-electron chi connectivity index (χ0n) is 15.0. The van der Waals surface area contributed by atoms with Crippen LogP contribution in [0, 0.1) is 0 Å². The highest BCUT2D eigenvalue weighted by atomic mass is 127. The van der Waals surface area contributed by atoms with Gasteiger partial charge in [-0.05, 0) is 53.7 Å². The van der Waals surface area contributed by atoms with Crippen molar-refractivity contribution in [2.24, 2.45) is 0 Å². The molecule has 0 N–H and O–H groups in total. The first-order valence-electron chi connectivity index (χ1n) is 8.99. The first-order valence-corrected chi connectivity index (χ1v) is 11.7. The lowest BCUT2D eigenvalue weighted by molar-refractivity contribution is -0.134. The van der Waals surface area contributed by atoms with Crippen molar-refractivity contribution in [2.45, 2.75) is 33.9 Å². The molecular formula is C23H22IO2S+. The smallest absolute Gasteiger partial charge is 0.311 e. The zero-order chi connectivity index (χ0) is 18.9. The molecule has 0 saturated carbocycles. The summed E-state index contributed by atoms with van der Waals surface area (Å²) in [5, 5.41) is 0. The monoisotopic (exact) mass is 489 g/mol. The van der Waals surface area contributed by atoms with Gasteiger partial charge in [0.25, 0.3) is 0 Å². The molecule has 0 unspecified atom stereocenters. The van der Waals surface area contributed by atoms with E-state index in [1.807, 2.05) is 30.3 Å². The predicted octanol–water partition coefficient (Wildman–Crippen LogP) is 6.29. The van der Waals surface area contributed by atoms with Gasteiger partial charge in [-0.25, -0.2) is 0 Å². The van der Waals surface area contributed by atoms with Crippen LogP contribution in [0.15, 0.2) is 99.6 Å². The molecule has 4 heteroatoms. The fourth-order valence-corrected chi connectivity index (χ4v) is 5.40. The topological polar surface area (TPSA) is 26.3 Å². The minimum atomic E-state index is -0.239. The van der Waals surface area contributed by atoms with Gasteiger partial charge in [0.15, 0.2) is 14.7 Å². The first-order chi connectivity index (χ1) is 13.3. The second-order valence-corrected chi connectivity index (χ2v) is 9.13. The molecule has 0 radical (unpaired) electrons. The van der Waals surface area contributed by atoms with Gasteiger partial charge in [0, 0.05) is 12.5 Å². The highest BCUT2D eigenvalue weighted by Crippen LogP contribution is 2.32. The van der Waals surface area contributed by atoms with Crippen LogP contribution in [0.25, 0.3) is 0 Å². The van der Waals surface area contributed by atoms with Gasteiger partial charge >= 0.3 is 5.97 Å². The van der Waals surface area contributed by atoms with Gasteiger partial charge in [-0.15, -0.1) is 0 Å². The van der Waals surface area contributed by atoms with E-state index in [1.165, 1.54) is 9.79 Å². The minimum Gasteiger partial charge on any atom is -0.426 e. The Labute approximate surface area is 177 Å². The molecule has 3 rings (SSSR count). The fraction of sp³-hybridized carbons (Fsp3) is 0.174. The number of benzene rings is 3. The van der Waals surface area contributed by atoms with Gasteiger partial charge in [0.05, 0.1) is 10.9 Å². The zero-order valence-corrected chi connectivity index (χ0v) is 18.0. The second kappa shape index (κ2) is 10.5. The average molecular weight is 489 g/mol. The summed E-state index contributed by atoms with van der Waals surface area (Å²) < 4.78 is 6.65. The lowest BCUT2D eigenvalue weighted by atomic mass is 10.2. The molecule has 0 aliphatic carbocycles. The number of carbonyl (C=O) groups is 1. The van der Waals surface area contributed by atoms with Crippen LogP contribution in [0.5, 0.6) is 5.75 Å². The van der Waals surface area contributed by atoms with Crippen LogP contribution in [-0.4, -0.2) is 10.4 Å². The van der Waals surface area contributed by atoms with E-state index in [-0.39, 0.29) is 16.9 Å². The molecule has 0 heterocycles. The highest BCUT2D eigenvalue weighted by molar-refractivity contribution is 14.1. The van der Waals surface area contributed by atoms with Gasteiger partial charge in [-0.3, -0.25) is 4.79 Å². The summed E-state index contributed by atoms with van der Waals surface area (Å²) in [6, 6.07) is 28.9. The molecule has 27 heavy (non-hydrogen) atoms. The Hall–Kier alpha value is -1.79. The standard InChI is InChI=1S/C23H22IO2S/c24-17-8-7-16-23(25)26-19-10-9-15-22(18-19)27(20-11-3-1-4-12-20)21-13-5-2-6-14-21/h1-6,9-15,18H,7-8,16-17H2/q+1. The Kier molecular flexibility index (Phi) is 7.78. The Balaban J connectivity index is 1.86. The summed E-state index contributed by atoms with van der Waals surface area (Å²) in [7, 11) is -0.239. The lowest BCUT2D eigenvalue weighted by Crippen LogP contribution is -2.09. The number of hydrogen-bond acceptors (Lipinski definition) is 2. The number of unbranched alkanes of at least 4 members (excludes halogenated alkanes) is 1. The summed E-state index contributed by atoms with van der Waals surface area (Å²) in [5.41, 5.74) is 0. The Morgan fingerprint density at radius 3 is 1.96 bits per heavy atom. The van der Waals surface area contributed by atoms with E-state index >= 15 is 0 Å². The normalized spacial score (nSPS) is 10.7. The summed E-state index contributed by atoms with van der Waals surface area (Å²) in [6.45, 7) is 0. The molecule has 0 atom stereocenters. The van der Waals surface area contributed by atoms with Gasteiger partial charge in [0.1, 0.15) is 5.75 Å². The number of esters is 1. The summed E-state index contributed by atoms with van der Waals surface area (Å²) >= 11 is 2.33. The third kappa shape index (κ3) is 5.84. The van der Waals surface area contributed by atoms with Crippen LogP contribution in [-0.2, 0) is 15.7 Å². The van der Waals surface area contributed by atoms with Crippen molar-refractivity contribution in [1.82, 2.24) is 0 Å². The molecule has 0 aliphatic heterocycles. The van der Waals surface area contributed by atoms with Crippen LogP contribution < -0.4 is 4.74 Å². The largest absolute Gasteiger partial charge is 0.426 e. The van der Waals surface area contributed by atoms with Crippen molar-refractivity contribution in [3.63, 3.8) is 0 Å². The summed E-state index contributed by atoms with van der Waals surface area (Å²) in [5.74, 6) is 0.465. The van der Waals surface area contributed by atoms with Crippen molar-refractivity contribution >= 4 is 39.5 Å². The van der Waals surface area contributed by atoms with E-state index in [0.29, 0.717) is 12.2 Å². The maximum atomic E-state index is 12.1.